The number of rotatable bonds is 1. The van der Waals surface area contributed by atoms with E-state index in [0.717, 1.165) is 25.1 Å². The number of aromatic carboxylic acids is 1. The van der Waals surface area contributed by atoms with Crippen LogP contribution in [0.15, 0.2) is 64.1 Å². The summed E-state index contributed by atoms with van der Waals surface area (Å²) in [6.45, 7) is 2.23. The van der Waals surface area contributed by atoms with E-state index in [-0.39, 0.29) is 5.39 Å². The van der Waals surface area contributed by atoms with Crippen LogP contribution in [0.1, 0.15) is 10.4 Å². The van der Waals surface area contributed by atoms with E-state index in [4.69, 9.17) is 5.11 Å². The molecule has 132 valence electrons. The number of hydrogen-bond donors (Lipinski definition) is 2. The van der Waals surface area contributed by atoms with Crippen LogP contribution in [0.2, 0.25) is 0 Å². The zero-order chi connectivity index (χ0) is 18.4. The second kappa shape index (κ2) is 6.07. The van der Waals surface area contributed by atoms with Crippen molar-refractivity contribution < 1.29 is 14.3 Å². The van der Waals surface area contributed by atoms with Crippen molar-refractivity contribution in [2.75, 3.05) is 13.1 Å². The van der Waals surface area contributed by atoms with Crippen LogP contribution < -0.4 is 10.7 Å². The summed E-state index contributed by atoms with van der Waals surface area (Å²) in [5.74, 6) is -1.34. The van der Waals surface area contributed by atoms with Gasteiger partial charge in [0.1, 0.15) is 11.4 Å². The van der Waals surface area contributed by atoms with E-state index in [2.05, 4.69) is 23.5 Å². The van der Waals surface area contributed by atoms with Gasteiger partial charge in [-0.15, -0.1) is 0 Å². The lowest BCUT2D eigenvalue weighted by Gasteiger charge is -2.16. The number of aromatic nitrogens is 1. The SMILES string of the molecule is C1=CC2=C3C=C1C2CNC3.Cn1cc(C(=O)O)c(=O)c2c(F)cccc21. The second-order valence-electron chi connectivity index (χ2n) is 6.56. The van der Waals surface area contributed by atoms with E-state index in [1.54, 1.807) is 18.7 Å². The predicted octanol–water partition coefficient (Wildman–Crippen LogP) is 2.39. The van der Waals surface area contributed by atoms with Gasteiger partial charge >= 0.3 is 5.97 Å². The molecule has 1 unspecified atom stereocenters. The smallest absolute Gasteiger partial charge is 0.341 e. The van der Waals surface area contributed by atoms with Crippen LogP contribution in [0.3, 0.4) is 0 Å². The number of hydrogen-bond acceptors (Lipinski definition) is 3. The van der Waals surface area contributed by atoms with E-state index in [1.807, 2.05) is 0 Å². The Labute approximate surface area is 148 Å². The van der Waals surface area contributed by atoms with E-state index in [0.29, 0.717) is 5.52 Å². The first kappa shape index (κ1) is 16.5. The van der Waals surface area contributed by atoms with Crippen LogP contribution in [0, 0.1) is 11.7 Å². The summed E-state index contributed by atoms with van der Waals surface area (Å²) in [5.41, 5.74) is 3.77. The third kappa shape index (κ3) is 2.50. The predicted molar refractivity (Wildman–Crippen MR) is 96.7 cm³/mol. The van der Waals surface area contributed by atoms with Crippen LogP contribution in [-0.4, -0.2) is 28.7 Å². The average molecular weight is 352 g/mol. The summed E-state index contributed by atoms with van der Waals surface area (Å²) >= 11 is 0. The maximum absolute atomic E-state index is 13.5. The van der Waals surface area contributed by atoms with E-state index in [9.17, 15) is 14.0 Å². The molecule has 1 atom stereocenters. The molecule has 0 amide bonds. The number of pyridine rings is 1. The van der Waals surface area contributed by atoms with Gasteiger partial charge in [0.15, 0.2) is 0 Å². The molecule has 6 heteroatoms. The van der Waals surface area contributed by atoms with Crippen molar-refractivity contribution in [3.63, 3.8) is 0 Å². The molecule has 0 radical (unpaired) electrons. The first-order valence-electron chi connectivity index (χ1n) is 8.32. The first-order chi connectivity index (χ1) is 12.5. The van der Waals surface area contributed by atoms with Crippen molar-refractivity contribution in [1.29, 1.82) is 0 Å². The van der Waals surface area contributed by atoms with Gasteiger partial charge in [0.2, 0.25) is 5.43 Å². The minimum Gasteiger partial charge on any atom is -0.477 e. The van der Waals surface area contributed by atoms with Crippen molar-refractivity contribution in [1.82, 2.24) is 9.88 Å². The zero-order valence-electron chi connectivity index (χ0n) is 14.1. The molecule has 2 aromatic rings. The lowest BCUT2D eigenvalue weighted by molar-refractivity contribution is 0.0695. The largest absolute Gasteiger partial charge is 0.477 e. The number of carboxylic acid groups (broad SMARTS) is 1. The Morgan fingerprint density at radius 3 is 2.85 bits per heavy atom. The van der Waals surface area contributed by atoms with Crippen LogP contribution in [0.25, 0.3) is 10.9 Å². The van der Waals surface area contributed by atoms with Gasteiger partial charge in [0.05, 0.1) is 10.9 Å². The molecule has 4 bridgehead atoms. The van der Waals surface area contributed by atoms with Gasteiger partial charge in [-0.3, -0.25) is 4.79 Å². The quantitative estimate of drug-likeness (QED) is 0.827. The van der Waals surface area contributed by atoms with Gasteiger partial charge < -0.3 is 15.0 Å². The molecule has 0 saturated heterocycles. The van der Waals surface area contributed by atoms with Crippen LogP contribution >= 0.6 is 0 Å². The number of aryl methyl sites for hydroxylation is 1. The first-order valence-corrected chi connectivity index (χ1v) is 8.32. The highest BCUT2D eigenvalue weighted by molar-refractivity contribution is 5.92. The monoisotopic (exact) mass is 352 g/mol. The highest BCUT2D eigenvalue weighted by Crippen LogP contribution is 2.40. The fraction of sp³-hybridized carbons (Fsp3) is 0.200. The number of fused-ring (bicyclic) bond motifs is 1. The van der Waals surface area contributed by atoms with Crippen molar-refractivity contribution in [3.05, 3.63) is 80.9 Å². The van der Waals surface area contributed by atoms with E-state index >= 15 is 0 Å². The molecular weight excluding hydrogens is 335 g/mol. The van der Waals surface area contributed by atoms with Crippen molar-refractivity contribution in [2.24, 2.45) is 13.0 Å². The molecule has 2 heterocycles. The minimum absolute atomic E-state index is 0.190. The molecule has 0 fully saturated rings. The second-order valence-corrected chi connectivity index (χ2v) is 6.56. The molecular formula is C20H17FN2O3. The van der Waals surface area contributed by atoms with Gasteiger partial charge in [-0.25, -0.2) is 9.18 Å². The number of allylic oxidation sites excluding steroid dienone is 2. The average Bonchev–Trinajstić information content (AvgIpc) is 3.10. The number of nitrogens with one attached hydrogen (secondary N) is 1. The summed E-state index contributed by atoms with van der Waals surface area (Å²) in [4.78, 5) is 22.5. The maximum Gasteiger partial charge on any atom is 0.341 e. The van der Waals surface area contributed by atoms with Crippen molar-refractivity contribution in [2.45, 2.75) is 0 Å². The molecule has 26 heavy (non-hydrogen) atoms. The standard InChI is InChI=1S/C11H8FNO3.C9H9N/c1-13-5-6(11(15)16)10(14)9-7(12)3-2-4-8(9)13;1-2-8-7-3-6(1)9(8)5-10-4-7/h2-5H,1H3,(H,15,16);1-3,9-10H,4-5H2. The summed E-state index contributed by atoms with van der Waals surface area (Å²) < 4.78 is 14.9. The molecule has 2 N–H and O–H groups in total. The molecule has 5 rings (SSSR count). The van der Waals surface area contributed by atoms with E-state index < -0.39 is 22.8 Å². The molecule has 5 nitrogen and oxygen atoms in total. The van der Waals surface area contributed by atoms with Gasteiger partial charge in [-0.05, 0) is 28.9 Å². The summed E-state index contributed by atoms with van der Waals surface area (Å²) in [6, 6.07) is 4.17. The molecule has 1 aromatic carbocycles. The highest BCUT2D eigenvalue weighted by atomic mass is 19.1. The van der Waals surface area contributed by atoms with E-state index in [1.165, 1.54) is 28.0 Å². The Balaban J connectivity index is 0.000000142. The highest BCUT2D eigenvalue weighted by Gasteiger charge is 2.31. The summed E-state index contributed by atoms with van der Waals surface area (Å²) in [7, 11) is 1.56. The van der Waals surface area contributed by atoms with Crippen molar-refractivity contribution >= 4 is 16.9 Å². The molecule has 3 aliphatic rings. The topological polar surface area (TPSA) is 71.3 Å². The Hall–Kier alpha value is -2.99. The van der Waals surface area contributed by atoms with Gasteiger partial charge in [0.25, 0.3) is 0 Å². The fourth-order valence-corrected chi connectivity index (χ4v) is 3.73. The molecule has 0 saturated carbocycles. The number of carbonyl (C=O) groups is 1. The Kier molecular flexibility index (Phi) is 3.85. The lowest BCUT2D eigenvalue weighted by Crippen LogP contribution is -2.27. The molecule has 1 aromatic heterocycles. The van der Waals surface area contributed by atoms with Crippen LogP contribution in [0.5, 0.6) is 0 Å². The minimum atomic E-state index is -1.36. The number of halogens is 1. The maximum atomic E-state index is 13.5. The van der Waals surface area contributed by atoms with Crippen LogP contribution in [-0.2, 0) is 7.05 Å². The van der Waals surface area contributed by atoms with Gasteiger partial charge in [0, 0.05) is 32.3 Å². The summed E-state index contributed by atoms with van der Waals surface area (Å²) in [6.07, 6.45) is 8.04. The third-order valence-corrected chi connectivity index (χ3v) is 5.01. The zero-order valence-corrected chi connectivity index (χ0v) is 14.1. The number of benzene rings is 1. The molecule has 2 aliphatic carbocycles. The Morgan fingerprint density at radius 1 is 1.35 bits per heavy atom. The molecule has 0 spiro atoms. The third-order valence-electron chi connectivity index (χ3n) is 5.01. The van der Waals surface area contributed by atoms with Crippen molar-refractivity contribution in [3.8, 4) is 0 Å². The van der Waals surface area contributed by atoms with Gasteiger partial charge in [-0.1, -0.05) is 24.3 Å². The lowest BCUT2D eigenvalue weighted by atomic mass is 9.99. The fourth-order valence-electron chi connectivity index (χ4n) is 3.73. The van der Waals surface area contributed by atoms with Crippen LogP contribution in [0.4, 0.5) is 4.39 Å². The Bertz CT molecular complexity index is 1090. The molecule has 1 aliphatic heterocycles. The normalized spacial score (nSPS) is 19.5. The Morgan fingerprint density at radius 2 is 2.15 bits per heavy atom. The number of carboxylic acids is 1. The summed E-state index contributed by atoms with van der Waals surface area (Å²) in [5, 5.41) is 12.0. The van der Waals surface area contributed by atoms with Gasteiger partial charge in [-0.2, -0.15) is 0 Å². The number of nitrogens with zero attached hydrogens (tertiary/aromatic N) is 1.